The molecule has 2 heterocycles. The van der Waals surface area contributed by atoms with E-state index in [-0.39, 0.29) is 16.6 Å². The largest absolute Gasteiger partial charge is 0.383 e. The van der Waals surface area contributed by atoms with Crippen LogP contribution in [0.5, 0.6) is 0 Å². The molecule has 0 spiro atoms. The van der Waals surface area contributed by atoms with Crippen LogP contribution in [0.1, 0.15) is 37.1 Å². The van der Waals surface area contributed by atoms with E-state index in [1.54, 1.807) is 13.2 Å². The van der Waals surface area contributed by atoms with Gasteiger partial charge in [0, 0.05) is 19.2 Å². The second kappa shape index (κ2) is 8.39. The molecule has 3 aromatic rings. The fraction of sp³-hybridized carbons (Fsp3) is 0.524. The van der Waals surface area contributed by atoms with E-state index in [2.05, 4.69) is 20.4 Å². The van der Waals surface area contributed by atoms with Crippen molar-refractivity contribution >= 4 is 26.8 Å². The van der Waals surface area contributed by atoms with Crippen LogP contribution >= 0.6 is 0 Å². The quantitative estimate of drug-likeness (QED) is 0.520. The van der Waals surface area contributed by atoms with Crippen molar-refractivity contribution in [2.75, 3.05) is 31.3 Å². The van der Waals surface area contributed by atoms with Gasteiger partial charge in [-0.3, -0.25) is 0 Å². The second-order valence-electron chi connectivity index (χ2n) is 8.01. The third-order valence-electron chi connectivity index (χ3n) is 5.74. The lowest BCUT2D eigenvalue weighted by Crippen LogP contribution is -2.14. The molecule has 2 aromatic heterocycles. The number of H-pyrrole nitrogens is 1. The van der Waals surface area contributed by atoms with Crippen molar-refractivity contribution in [2.45, 2.75) is 44.4 Å². The number of anilines is 1. The lowest BCUT2D eigenvalue weighted by molar-refractivity contribution is 0.210. The summed E-state index contributed by atoms with van der Waals surface area (Å²) in [6.07, 6.45) is 4.14. The Balaban J connectivity index is 1.82. The van der Waals surface area contributed by atoms with Gasteiger partial charge in [0.05, 0.1) is 28.5 Å². The average Bonchev–Trinajstić information content (AvgIpc) is 3.41. The molecule has 4 rings (SSSR count). The molecule has 0 amide bonds. The molecule has 1 aliphatic carbocycles. The van der Waals surface area contributed by atoms with E-state index in [0.29, 0.717) is 35.9 Å². The van der Waals surface area contributed by atoms with Gasteiger partial charge < -0.3 is 19.6 Å². The first-order valence-electron chi connectivity index (χ1n) is 10.3. The van der Waals surface area contributed by atoms with Gasteiger partial charge in [0.2, 0.25) is 5.95 Å². The molecule has 8 nitrogen and oxygen atoms in total. The molecule has 0 unspecified atom stereocenters. The molecular formula is C21H28N4O4S. The van der Waals surface area contributed by atoms with Gasteiger partial charge in [0.25, 0.3) is 0 Å². The lowest BCUT2D eigenvalue weighted by atomic mass is 10.0. The molecule has 0 aliphatic heterocycles. The van der Waals surface area contributed by atoms with E-state index in [4.69, 9.17) is 9.26 Å². The third-order valence-corrected chi connectivity index (χ3v) is 7.63. The minimum absolute atomic E-state index is 0.159. The van der Waals surface area contributed by atoms with Crippen LogP contribution in [0.4, 0.5) is 5.95 Å². The molecule has 30 heavy (non-hydrogen) atoms. The summed E-state index contributed by atoms with van der Waals surface area (Å²) < 4.78 is 37.2. The highest BCUT2D eigenvalue weighted by Gasteiger charge is 2.28. The molecule has 162 valence electrons. The van der Waals surface area contributed by atoms with Crippen molar-refractivity contribution in [1.82, 2.24) is 15.1 Å². The molecule has 0 bridgehead atoms. The first-order valence-corrected chi connectivity index (χ1v) is 12.0. The van der Waals surface area contributed by atoms with Crippen LogP contribution < -0.4 is 5.32 Å². The van der Waals surface area contributed by atoms with Crippen LogP contribution in [0.15, 0.2) is 21.6 Å². The van der Waals surface area contributed by atoms with Crippen LogP contribution in [-0.2, 0) is 14.6 Å². The molecule has 9 heteroatoms. The number of methoxy groups -OCH3 is 1. The normalized spacial score (nSPS) is 15.3. The minimum atomic E-state index is -3.51. The smallest absolute Gasteiger partial charge is 0.201 e. The summed E-state index contributed by atoms with van der Waals surface area (Å²) in [5, 5.41) is 7.17. The number of hydrogen-bond acceptors (Lipinski definition) is 7. The highest BCUT2D eigenvalue weighted by atomic mass is 32.2. The van der Waals surface area contributed by atoms with Gasteiger partial charge in [-0.25, -0.2) is 13.4 Å². The highest BCUT2D eigenvalue weighted by molar-refractivity contribution is 7.91. The van der Waals surface area contributed by atoms with Crippen molar-refractivity contribution in [3.05, 3.63) is 23.6 Å². The molecule has 1 aliphatic rings. The van der Waals surface area contributed by atoms with E-state index in [0.717, 1.165) is 42.5 Å². The molecule has 0 saturated heterocycles. The first kappa shape index (κ1) is 20.9. The number of nitrogens with zero attached hydrogens (tertiary/aromatic N) is 2. The predicted molar refractivity (Wildman–Crippen MR) is 115 cm³/mol. The van der Waals surface area contributed by atoms with E-state index in [1.165, 1.54) is 0 Å². The molecular weight excluding hydrogens is 404 g/mol. The standard InChI is InChI=1S/C21H28N4O4S/c1-13-19(14(2)29-25-13)16-10-17-20(24-21(23-17)22-8-9-28-3)18(11-16)30(26,27)12-15-6-4-5-7-15/h10-11,15H,4-9,12H2,1-3H3,(H2,22,23,24). The Morgan fingerprint density at radius 1 is 1.27 bits per heavy atom. The SMILES string of the molecule is COCCNc1nc2c(S(=O)(=O)CC3CCCC3)cc(-c3c(C)noc3C)cc2[nH]1. The Kier molecular flexibility index (Phi) is 5.84. The van der Waals surface area contributed by atoms with Crippen LogP contribution in [0.3, 0.4) is 0 Å². The van der Waals surface area contributed by atoms with E-state index < -0.39 is 9.84 Å². The zero-order valence-corrected chi connectivity index (χ0v) is 18.4. The van der Waals surface area contributed by atoms with Crippen molar-refractivity contribution in [3.63, 3.8) is 0 Å². The van der Waals surface area contributed by atoms with E-state index in [1.807, 2.05) is 19.9 Å². The Morgan fingerprint density at radius 3 is 2.70 bits per heavy atom. The Labute approximate surface area is 176 Å². The number of aromatic nitrogens is 3. The summed E-state index contributed by atoms with van der Waals surface area (Å²) in [5.74, 6) is 1.55. The summed E-state index contributed by atoms with van der Waals surface area (Å²) in [6.45, 7) is 4.77. The van der Waals surface area contributed by atoms with Crippen molar-refractivity contribution in [3.8, 4) is 11.1 Å². The fourth-order valence-electron chi connectivity index (χ4n) is 4.29. The maximum Gasteiger partial charge on any atom is 0.201 e. The Morgan fingerprint density at radius 2 is 2.03 bits per heavy atom. The van der Waals surface area contributed by atoms with Gasteiger partial charge in [0.1, 0.15) is 11.3 Å². The number of rotatable bonds is 8. The van der Waals surface area contributed by atoms with Gasteiger partial charge in [0.15, 0.2) is 9.84 Å². The average molecular weight is 433 g/mol. The minimum Gasteiger partial charge on any atom is -0.383 e. The summed E-state index contributed by atoms with van der Waals surface area (Å²) in [6, 6.07) is 3.63. The van der Waals surface area contributed by atoms with Gasteiger partial charge in [-0.2, -0.15) is 0 Å². The maximum atomic E-state index is 13.4. The predicted octanol–water partition coefficient (Wildman–Crippen LogP) is 3.86. The number of ether oxygens (including phenoxy) is 1. The van der Waals surface area contributed by atoms with Crippen LogP contribution in [0.2, 0.25) is 0 Å². The molecule has 2 N–H and O–H groups in total. The number of benzene rings is 1. The van der Waals surface area contributed by atoms with Crippen LogP contribution in [-0.4, -0.2) is 49.6 Å². The number of nitrogens with one attached hydrogen (secondary N) is 2. The van der Waals surface area contributed by atoms with Gasteiger partial charge >= 0.3 is 0 Å². The maximum absolute atomic E-state index is 13.4. The van der Waals surface area contributed by atoms with E-state index >= 15 is 0 Å². The number of aromatic amines is 1. The van der Waals surface area contributed by atoms with E-state index in [9.17, 15) is 8.42 Å². The topological polar surface area (TPSA) is 110 Å². The van der Waals surface area contributed by atoms with Crippen LogP contribution in [0.25, 0.3) is 22.2 Å². The lowest BCUT2D eigenvalue weighted by Gasteiger charge is -2.12. The van der Waals surface area contributed by atoms with Crippen molar-refractivity contribution in [2.24, 2.45) is 5.92 Å². The fourth-order valence-corrected chi connectivity index (χ4v) is 6.18. The zero-order chi connectivity index (χ0) is 21.3. The highest BCUT2D eigenvalue weighted by Crippen LogP contribution is 2.35. The summed E-state index contributed by atoms with van der Waals surface area (Å²) >= 11 is 0. The number of imidazole rings is 1. The monoisotopic (exact) mass is 432 g/mol. The number of aryl methyl sites for hydroxylation is 2. The third kappa shape index (κ3) is 4.09. The second-order valence-corrected chi connectivity index (χ2v) is 10.0. The molecule has 0 radical (unpaired) electrons. The Hall–Kier alpha value is -2.39. The Bertz CT molecular complexity index is 1120. The molecule has 1 fully saturated rings. The number of sulfone groups is 1. The molecule has 0 atom stereocenters. The number of hydrogen-bond donors (Lipinski definition) is 2. The van der Waals surface area contributed by atoms with Gasteiger partial charge in [-0.1, -0.05) is 18.0 Å². The van der Waals surface area contributed by atoms with Crippen LogP contribution in [0, 0.1) is 19.8 Å². The molecule has 1 saturated carbocycles. The first-order chi connectivity index (χ1) is 14.4. The number of fused-ring (bicyclic) bond motifs is 1. The molecule has 1 aromatic carbocycles. The summed E-state index contributed by atoms with van der Waals surface area (Å²) in [5.41, 5.74) is 3.43. The van der Waals surface area contributed by atoms with Gasteiger partial charge in [-0.05, 0) is 50.3 Å². The summed E-state index contributed by atoms with van der Waals surface area (Å²) in [4.78, 5) is 8.02. The van der Waals surface area contributed by atoms with Crippen molar-refractivity contribution < 1.29 is 17.7 Å². The zero-order valence-electron chi connectivity index (χ0n) is 17.6. The van der Waals surface area contributed by atoms with Crippen molar-refractivity contribution in [1.29, 1.82) is 0 Å². The van der Waals surface area contributed by atoms with Gasteiger partial charge in [-0.15, -0.1) is 0 Å². The summed E-state index contributed by atoms with van der Waals surface area (Å²) in [7, 11) is -1.88.